The quantitative estimate of drug-likeness (QED) is 0.903. The van der Waals surface area contributed by atoms with Gasteiger partial charge in [0.2, 0.25) is 0 Å². The first-order valence-electron chi connectivity index (χ1n) is 8.85. The second-order valence-electron chi connectivity index (χ2n) is 6.65. The molecule has 3 rings (SSSR count). The maximum absolute atomic E-state index is 14.6. The largest absolute Gasteiger partial charge is 0.367 e. The van der Waals surface area contributed by atoms with Crippen molar-refractivity contribution in [1.82, 2.24) is 15.1 Å². The van der Waals surface area contributed by atoms with Gasteiger partial charge in [0.05, 0.1) is 5.69 Å². The second kappa shape index (κ2) is 7.49. The minimum atomic E-state index is -0.302. The van der Waals surface area contributed by atoms with E-state index in [0.29, 0.717) is 11.3 Å². The standard InChI is InChI=1S/C18H27FN4O/c1-3-22-8-10-23(11-9-22)17-5-4-14(12-16(17)19)18(24)21(2)15-6-7-20-13-15/h4-5,12,15,20H,3,6-11,13H2,1-2H3. The number of anilines is 1. The van der Waals surface area contributed by atoms with Crippen LogP contribution >= 0.6 is 0 Å². The molecule has 132 valence electrons. The lowest BCUT2D eigenvalue weighted by Crippen LogP contribution is -2.46. The third kappa shape index (κ3) is 3.54. The van der Waals surface area contributed by atoms with Gasteiger partial charge in [0, 0.05) is 51.4 Å². The molecule has 2 aliphatic rings. The predicted octanol–water partition coefficient (Wildman–Crippen LogP) is 1.40. The third-order valence-electron chi connectivity index (χ3n) is 5.26. The molecule has 0 saturated carbocycles. The van der Waals surface area contributed by atoms with E-state index in [1.165, 1.54) is 6.07 Å². The highest BCUT2D eigenvalue weighted by molar-refractivity contribution is 5.94. The maximum atomic E-state index is 14.6. The van der Waals surface area contributed by atoms with E-state index in [2.05, 4.69) is 22.0 Å². The minimum Gasteiger partial charge on any atom is -0.367 e. The van der Waals surface area contributed by atoms with Gasteiger partial charge in [0.1, 0.15) is 5.82 Å². The van der Waals surface area contributed by atoms with Gasteiger partial charge in [-0.2, -0.15) is 0 Å². The highest BCUT2D eigenvalue weighted by Gasteiger charge is 2.25. The van der Waals surface area contributed by atoms with Crippen LogP contribution in [0.4, 0.5) is 10.1 Å². The highest BCUT2D eigenvalue weighted by Crippen LogP contribution is 2.23. The number of halogens is 1. The van der Waals surface area contributed by atoms with Crippen LogP contribution in [0.25, 0.3) is 0 Å². The zero-order valence-electron chi connectivity index (χ0n) is 14.6. The zero-order chi connectivity index (χ0) is 17.1. The van der Waals surface area contributed by atoms with Gasteiger partial charge in [-0.25, -0.2) is 4.39 Å². The number of piperazine rings is 1. The average molecular weight is 334 g/mol. The van der Waals surface area contributed by atoms with E-state index in [9.17, 15) is 9.18 Å². The van der Waals surface area contributed by atoms with Gasteiger partial charge in [-0.05, 0) is 37.7 Å². The summed E-state index contributed by atoms with van der Waals surface area (Å²) >= 11 is 0. The molecule has 1 unspecified atom stereocenters. The number of benzene rings is 1. The Morgan fingerprint density at radius 3 is 2.67 bits per heavy atom. The van der Waals surface area contributed by atoms with Crippen LogP contribution < -0.4 is 10.2 Å². The van der Waals surface area contributed by atoms with E-state index in [-0.39, 0.29) is 17.8 Å². The number of hydrogen-bond acceptors (Lipinski definition) is 4. The molecule has 1 aromatic carbocycles. The number of hydrogen-bond donors (Lipinski definition) is 1. The molecule has 1 amide bonds. The van der Waals surface area contributed by atoms with E-state index < -0.39 is 0 Å². The van der Waals surface area contributed by atoms with Crippen molar-refractivity contribution in [3.8, 4) is 0 Å². The fourth-order valence-corrected chi connectivity index (χ4v) is 3.54. The summed E-state index contributed by atoms with van der Waals surface area (Å²) in [4.78, 5) is 18.7. The number of nitrogens with one attached hydrogen (secondary N) is 1. The summed E-state index contributed by atoms with van der Waals surface area (Å²) in [6.45, 7) is 8.47. The Kier molecular flexibility index (Phi) is 5.36. The van der Waals surface area contributed by atoms with Crippen LogP contribution in [0.1, 0.15) is 23.7 Å². The number of carbonyl (C=O) groups is 1. The van der Waals surface area contributed by atoms with Crippen molar-refractivity contribution in [1.29, 1.82) is 0 Å². The van der Waals surface area contributed by atoms with Crippen LogP contribution in [-0.4, -0.2) is 74.6 Å². The van der Waals surface area contributed by atoms with E-state index in [4.69, 9.17) is 0 Å². The zero-order valence-corrected chi connectivity index (χ0v) is 14.6. The summed E-state index contributed by atoms with van der Waals surface area (Å²) in [5.41, 5.74) is 1.03. The molecule has 2 saturated heterocycles. The lowest BCUT2D eigenvalue weighted by atomic mass is 10.1. The molecule has 2 heterocycles. The molecular weight excluding hydrogens is 307 g/mol. The summed E-state index contributed by atoms with van der Waals surface area (Å²) in [5.74, 6) is -0.409. The average Bonchev–Trinajstić information content (AvgIpc) is 3.15. The number of amides is 1. The molecule has 0 spiro atoms. The van der Waals surface area contributed by atoms with Crippen LogP contribution in [0.3, 0.4) is 0 Å². The molecule has 0 radical (unpaired) electrons. The summed E-state index contributed by atoms with van der Waals surface area (Å²) in [6.07, 6.45) is 0.949. The van der Waals surface area contributed by atoms with E-state index in [1.54, 1.807) is 24.1 Å². The number of carbonyl (C=O) groups excluding carboxylic acids is 1. The van der Waals surface area contributed by atoms with Crippen LogP contribution in [0.2, 0.25) is 0 Å². The smallest absolute Gasteiger partial charge is 0.253 e. The van der Waals surface area contributed by atoms with Gasteiger partial charge >= 0.3 is 0 Å². The molecule has 0 bridgehead atoms. The summed E-state index contributed by atoms with van der Waals surface area (Å²) in [5, 5.41) is 3.25. The SMILES string of the molecule is CCN1CCN(c2ccc(C(=O)N(C)C3CCNC3)cc2F)CC1. The molecular formula is C18H27FN4O. The van der Waals surface area contributed by atoms with Crippen molar-refractivity contribution in [2.24, 2.45) is 0 Å². The fraction of sp³-hybridized carbons (Fsp3) is 0.611. The highest BCUT2D eigenvalue weighted by atomic mass is 19.1. The van der Waals surface area contributed by atoms with E-state index in [0.717, 1.165) is 52.2 Å². The van der Waals surface area contributed by atoms with Crippen LogP contribution in [-0.2, 0) is 0 Å². The molecule has 5 nitrogen and oxygen atoms in total. The molecule has 24 heavy (non-hydrogen) atoms. The first kappa shape index (κ1) is 17.2. The molecule has 0 aromatic heterocycles. The fourth-order valence-electron chi connectivity index (χ4n) is 3.54. The van der Waals surface area contributed by atoms with Crippen molar-refractivity contribution in [3.63, 3.8) is 0 Å². The monoisotopic (exact) mass is 334 g/mol. The van der Waals surface area contributed by atoms with Gasteiger partial charge in [-0.15, -0.1) is 0 Å². The van der Waals surface area contributed by atoms with Gasteiger partial charge in [0.25, 0.3) is 5.91 Å². The van der Waals surface area contributed by atoms with Crippen LogP contribution in [0.5, 0.6) is 0 Å². The normalized spacial score (nSPS) is 22.0. The summed E-state index contributed by atoms with van der Waals surface area (Å²) in [6, 6.07) is 5.10. The van der Waals surface area contributed by atoms with Gasteiger partial charge in [-0.1, -0.05) is 6.92 Å². The predicted molar refractivity (Wildman–Crippen MR) is 94.1 cm³/mol. The molecule has 1 atom stereocenters. The second-order valence-corrected chi connectivity index (χ2v) is 6.65. The third-order valence-corrected chi connectivity index (χ3v) is 5.26. The van der Waals surface area contributed by atoms with Crippen molar-refractivity contribution >= 4 is 11.6 Å². The Morgan fingerprint density at radius 2 is 2.08 bits per heavy atom. The Labute approximate surface area is 143 Å². The first-order chi connectivity index (χ1) is 11.6. The van der Waals surface area contributed by atoms with E-state index in [1.807, 2.05) is 0 Å². The van der Waals surface area contributed by atoms with Crippen molar-refractivity contribution in [2.75, 3.05) is 57.8 Å². The van der Waals surface area contributed by atoms with E-state index >= 15 is 0 Å². The molecule has 6 heteroatoms. The van der Waals surface area contributed by atoms with Crippen LogP contribution in [0.15, 0.2) is 18.2 Å². The van der Waals surface area contributed by atoms with Gasteiger partial charge in [0.15, 0.2) is 0 Å². The maximum Gasteiger partial charge on any atom is 0.253 e. The molecule has 2 aliphatic heterocycles. The number of nitrogens with zero attached hydrogens (tertiary/aromatic N) is 3. The number of rotatable bonds is 4. The Morgan fingerprint density at radius 1 is 1.33 bits per heavy atom. The van der Waals surface area contributed by atoms with Crippen molar-refractivity contribution in [2.45, 2.75) is 19.4 Å². The van der Waals surface area contributed by atoms with Gasteiger partial charge in [-0.3, -0.25) is 4.79 Å². The first-order valence-corrected chi connectivity index (χ1v) is 8.85. The topological polar surface area (TPSA) is 38.8 Å². The summed E-state index contributed by atoms with van der Waals surface area (Å²) < 4.78 is 14.6. The molecule has 1 N–H and O–H groups in total. The minimum absolute atomic E-state index is 0.107. The van der Waals surface area contributed by atoms with Crippen LogP contribution in [0, 0.1) is 5.82 Å². The molecule has 2 fully saturated rings. The Bertz CT molecular complexity index is 580. The Hall–Kier alpha value is -1.66. The molecule has 1 aromatic rings. The van der Waals surface area contributed by atoms with Crippen molar-refractivity contribution in [3.05, 3.63) is 29.6 Å². The van der Waals surface area contributed by atoms with Crippen molar-refractivity contribution < 1.29 is 9.18 Å². The molecule has 0 aliphatic carbocycles. The summed E-state index contributed by atoms with van der Waals surface area (Å²) in [7, 11) is 1.80. The number of likely N-dealkylation sites (N-methyl/N-ethyl adjacent to an activating group) is 2. The lowest BCUT2D eigenvalue weighted by Gasteiger charge is -2.35. The Balaban J connectivity index is 1.69. The van der Waals surface area contributed by atoms with Gasteiger partial charge < -0.3 is 20.0 Å². The lowest BCUT2D eigenvalue weighted by molar-refractivity contribution is 0.0743.